The van der Waals surface area contributed by atoms with Crippen LogP contribution in [0.5, 0.6) is 0 Å². The van der Waals surface area contributed by atoms with Crippen molar-refractivity contribution in [2.75, 3.05) is 0 Å². The van der Waals surface area contributed by atoms with E-state index in [4.69, 9.17) is 5.11 Å². The number of aliphatic hydroxyl groups is 1. The molecule has 0 saturated carbocycles. The molecule has 0 aromatic heterocycles. The van der Waals surface area contributed by atoms with E-state index in [1.165, 1.54) is 6.08 Å². The minimum atomic E-state index is -0.760. The molecule has 0 heterocycles. The zero-order valence-corrected chi connectivity index (χ0v) is 6.29. The molecule has 0 aromatic rings. The molecule has 0 saturated heterocycles. The Labute approximate surface area is 60.6 Å². The van der Waals surface area contributed by atoms with Gasteiger partial charge >= 0.3 is 0 Å². The van der Waals surface area contributed by atoms with E-state index in [0.717, 1.165) is 12.0 Å². The van der Waals surface area contributed by atoms with Crippen molar-refractivity contribution in [1.29, 1.82) is 0 Å². The second kappa shape index (κ2) is 2.54. The number of hydrogen-bond acceptors (Lipinski definition) is 2. The van der Waals surface area contributed by atoms with Crippen LogP contribution in [-0.2, 0) is 4.79 Å². The maximum atomic E-state index is 10.9. The molecule has 0 radical (unpaired) electrons. The lowest BCUT2D eigenvalue weighted by Gasteiger charge is -2.21. The van der Waals surface area contributed by atoms with Crippen LogP contribution in [0.1, 0.15) is 20.3 Å². The average Bonchev–Trinajstić information content (AvgIpc) is 1.82. The minimum Gasteiger partial charge on any atom is -0.385 e. The Morgan fingerprint density at radius 3 is 2.80 bits per heavy atom. The summed E-state index contributed by atoms with van der Waals surface area (Å²) in [4.78, 5) is 10.9. The van der Waals surface area contributed by atoms with Crippen LogP contribution in [0.3, 0.4) is 0 Å². The van der Waals surface area contributed by atoms with Gasteiger partial charge in [0.25, 0.3) is 0 Å². The van der Waals surface area contributed by atoms with Crippen molar-refractivity contribution in [2.24, 2.45) is 5.92 Å². The Bertz CT molecular complexity index is 182. The van der Waals surface area contributed by atoms with Crippen molar-refractivity contribution < 1.29 is 9.90 Å². The molecule has 10 heavy (non-hydrogen) atoms. The summed E-state index contributed by atoms with van der Waals surface area (Å²) < 4.78 is 0. The van der Waals surface area contributed by atoms with Gasteiger partial charge in [-0.25, -0.2) is 0 Å². The fraction of sp³-hybridized carbons (Fsp3) is 0.625. The first kappa shape index (κ1) is 7.48. The van der Waals surface area contributed by atoms with Gasteiger partial charge in [0, 0.05) is 0 Å². The largest absolute Gasteiger partial charge is 0.385 e. The highest BCUT2D eigenvalue weighted by atomic mass is 16.3. The van der Waals surface area contributed by atoms with Gasteiger partial charge in [0.15, 0.2) is 5.78 Å². The first-order valence-electron chi connectivity index (χ1n) is 3.50. The van der Waals surface area contributed by atoms with E-state index in [1.807, 2.05) is 13.8 Å². The molecule has 2 unspecified atom stereocenters. The van der Waals surface area contributed by atoms with Crippen molar-refractivity contribution >= 4 is 5.78 Å². The lowest BCUT2D eigenvalue weighted by Crippen LogP contribution is -2.29. The maximum absolute atomic E-state index is 10.9. The highest BCUT2D eigenvalue weighted by Crippen LogP contribution is 2.20. The van der Waals surface area contributed by atoms with Gasteiger partial charge in [0.2, 0.25) is 0 Å². The predicted octanol–water partition coefficient (Wildman–Crippen LogP) is 0.903. The fourth-order valence-corrected chi connectivity index (χ4v) is 1.29. The third-order valence-corrected chi connectivity index (χ3v) is 1.86. The number of ketones is 1. The highest BCUT2D eigenvalue weighted by molar-refractivity contribution is 5.95. The number of carbonyl (C=O) groups is 1. The molecule has 0 aliphatic heterocycles. The van der Waals surface area contributed by atoms with Crippen molar-refractivity contribution in [3.63, 3.8) is 0 Å². The predicted molar refractivity (Wildman–Crippen MR) is 38.6 cm³/mol. The van der Waals surface area contributed by atoms with Crippen molar-refractivity contribution in [1.82, 2.24) is 0 Å². The molecular formula is C8H12O2. The maximum Gasteiger partial charge on any atom is 0.184 e. The standard InChI is InChI=1S/C8H12O2/c1-5-3-6(2)8(10)7(9)4-5/h4,6,8,10H,3H2,1-2H3. The van der Waals surface area contributed by atoms with Crippen LogP contribution in [0.2, 0.25) is 0 Å². The summed E-state index contributed by atoms with van der Waals surface area (Å²) in [5.41, 5.74) is 1.07. The van der Waals surface area contributed by atoms with E-state index in [1.54, 1.807) is 0 Å². The van der Waals surface area contributed by atoms with Crippen LogP contribution >= 0.6 is 0 Å². The monoisotopic (exact) mass is 140 g/mol. The van der Waals surface area contributed by atoms with Gasteiger partial charge in [0.05, 0.1) is 0 Å². The second-order valence-corrected chi connectivity index (χ2v) is 3.02. The van der Waals surface area contributed by atoms with E-state index in [9.17, 15) is 4.79 Å². The molecule has 2 nitrogen and oxygen atoms in total. The minimum absolute atomic E-state index is 0.0949. The molecule has 1 aliphatic rings. The van der Waals surface area contributed by atoms with Crippen LogP contribution in [0.4, 0.5) is 0 Å². The number of hydrogen-bond donors (Lipinski definition) is 1. The third kappa shape index (κ3) is 1.27. The summed E-state index contributed by atoms with van der Waals surface area (Å²) >= 11 is 0. The molecule has 1 rings (SSSR count). The lowest BCUT2D eigenvalue weighted by molar-refractivity contribution is -0.125. The van der Waals surface area contributed by atoms with Crippen LogP contribution in [0.15, 0.2) is 11.6 Å². The molecule has 0 bridgehead atoms. The van der Waals surface area contributed by atoms with Gasteiger partial charge < -0.3 is 5.11 Å². The van der Waals surface area contributed by atoms with Crippen molar-refractivity contribution in [3.05, 3.63) is 11.6 Å². The fourth-order valence-electron chi connectivity index (χ4n) is 1.29. The molecule has 0 spiro atoms. The van der Waals surface area contributed by atoms with Gasteiger partial charge in [-0.2, -0.15) is 0 Å². The Morgan fingerprint density at radius 1 is 1.70 bits per heavy atom. The van der Waals surface area contributed by atoms with E-state index >= 15 is 0 Å². The van der Waals surface area contributed by atoms with Gasteiger partial charge in [-0.05, 0) is 25.3 Å². The molecule has 2 heteroatoms. The van der Waals surface area contributed by atoms with Crippen LogP contribution in [0.25, 0.3) is 0 Å². The van der Waals surface area contributed by atoms with Crippen LogP contribution in [-0.4, -0.2) is 17.0 Å². The third-order valence-electron chi connectivity index (χ3n) is 1.86. The van der Waals surface area contributed by atoms with Crippen LogP contribution in [0, 0.1) is 5.92 Å². The molecular weight excluding hydrogens is 128 g/mol. The van der Waals surface area contributed by atoms with Gasteiger partial charge in [-0.3, -0.25) is 4.79 Å². The Balaban J connectivity index is 2.79. The SMILES string of the molecule is CC1=CC(=O)C(O)C(C)C1. The van der Waals surface area contributed by atoms with E-state index in [-0.39, 0.29) is 11.7 Å². The molecule has 1 aliphatic carbocycles. The lowest BCUT2D eigenvalue weighted by atomic mass is 9.88. The van der Waals surface area contributed by atoms with Gasteiger partial charge in [-0.15, -0.1) is 0 Å². The van der Waals surface area contributed by atoms with E-state index in [0.29, 0.717) is 0 Å². The van der Waals surface area contributed by atoms with Gasteiger partial charge in [-0.1, -0.05) is 12.5 Å². The summed E-state index contributed by atoms with van der Waals surface area (Å²) in [7, 11) is 0. The summed E-state index contributed by atoms with van der Waals surface area (Å²) in [5.74, 6) is -0.0475. The quantitative estimate of drug-likeness (QED) is 0.543. The summed E-state index contributed by atoms with van der Waals surface area (Å²) in [6, 6.07) is 0. The first-order valence-corrected chi connectivity index (χ1v) is 3.50. The Kier molecular flexibility index (Phi) is 1.90. The number of allylic oxidation sites excluding steroid dienone is 1. The first-order chi connectivity index (χ1) is 4.61. The molecule has 1 N–H and O–H groups in total. The summed E-state index contributed by atoms with van der Waals surface area (Å²) in [5, 5.41) is 9.17. The topological polar surface area (TPSA) is 37.3 Å². The number of rotatable bonds is 0. The van der Waals surface area contributed by atoms with E-state index < -0.39 is 6.10 Å². The molecule has 0 fully saturated rings. The normalized spacial score (nSPS) is 33.9. The number of carbonyl (C=O) groups excluding carboxylic acids is 1. The van der Waals surface area contributed by atoms with Gasteiger partial charge in [0.1, 0.15) is 6.10 Å². The Hall–Kier alpha value is -0.630. The summed E-state index contributed by atoms with van der Waals surface area (Å²) in [6.45, 7) is 3.80. The van der Waals surface area contributed by atoms with Crippen LogP contribution < -0.4 is 0 Å². The highest BCUT2D eigenvalue weighted by Gasteiger charge is 2.24. The smallest absolute Gasteiger partial charge is 0.184 e. The molecule has 56 valence electrons. The van der Waals surface area contributed by atoms with E-state index in [2.05, 4.69) is 0 Å². The zero-order valence-electron chi connectivity index (χ0n) is 6.29. The number of aliphatic hydroxyl groups excluding tert-OH is 1. The zero-order chi connectivity index (χ0) is 7.72. The molecule has 0 amide bonds. The summed E-state index contributed by atoms with van der Waals surface area (Å²) in [6.07, 6.45) is 1.61. The second-order valence-electron chi connectivity index (χ2n) is 3.02. The van der Waals surface area contributed by atoms with Crippen molar-refractivity contribution in [2.45, 2.75) is 26.4 Å². The molecule has 0 aromatic carbocycles. The van der Waals surface area contributed by atoms with Crippen molar-refractivity contribution in [3.8, 4) is 0 Å². The average molecular weight is 140 g/mol. The Morgan fingerprint density at radius 2 is 2.30 bits per heavy atom. The molecule has 2 atom stereocenters.